The lowest BCUT2D eigenvalue weighted by atomic mass is 9.78. The molecule has 34 heavy (non-hydrogen) atoms. The van der Waals surface area contributed by atoms with E-state index in [2.05, 4.69) is 0 Å². The number of Topliss-reactive ketones (excluding diaryl/α,β-unsaturated/α-hetero) is 1. The van der Waals surface area contributed by atoms with Gasteiger partial charge in [-0.05, 0) is 24.5 Å². The van der Waals surface area contributed by atoms with Gasteiger partial charge in [0, 0.05) is 17.7 Å². The molecule has 0 N–H and O–H groups in total. The van der Waals surface area contributed by atoms with E-state index in [1.54, 1.807) is 12.1 Å². The van der Waals surface area contributed by atoms with Crippen LogP contribution < -0.4 is 0 Å². The second kappa shape index (κ2) is 9.18. The first kappa shape index (κ1) is 23.3. The van der Waals surface area contributed by atoms with Crippen molar-refractivity contribution in [2.24, 2.45) is 17.8 Å². The molecular weight excluding hydrogens is 462 g/mol. The highest BCUT2D eigenvalue weighted by Crippen LogP contribution is 2.39. The quantitative estimate of drug-likeness (QED) is 0.204. The molecule has 1 aliphatic heterocycles. The summed E-state index contributed by atoms with van der Waals surface area (Å²) < 4.78 is 0. The summed E-state index contributed by atoms with van der Waals surface area (Å²) in [4.78, 5) is 63.6. The van der Waals surface area contributed by atoms with Gasteiger partial charge in [-0.3, -0.25) is 29.3 Å². The minimum absolute atomic E-state index is 0.0117. The van der Waals surface area contributed by atoms with Crippen LogP contribution in [0, 0.1) is 27.9 Å². The molecule has 0 saturated carbocycles. The molecule has 1 fully saturated rings. The monoisotopic (exact) mass is 481 g/mol. The summed E-state index contributed by atoms with van der Waals surface area (Å²) in [5.41, 5.74) is -0.315. The number of fused-ring (bicyclic) bond motifs is 1. The molecule has 174 valence electrons. The van der Waals surface area contributed by atoms with Crippen LogP contribution in [0.25, 0.3) is 0 Å². The Kier molecular flexibility index (Phi) is 6.30. The smallest absolute Gasteiger partial charge is 0.274 e. The van der Waals surface area contributed by atoms with Crippen molar-refractivity contribution in [3.63, 3.8) is 0 Å². The Hall–Kier alpha value is -3.85. The Morgan fingerprint density at radius 1 is 1.15 bits per heavy atom. The van der Waals surface area contributed by atoms with Crippen LogP contribution in [0.4, 0.5) is 5.69 Å². The summed E-state index contributed by atoms with van der Waals surface area (Å²) in [5.74, 6) is -4.12. The van der Waals surface area contributed by atoms with Gasteiger partial charge in [-0.25, -0.2) is 5.01 Å². The van der Waals surface area contributed by atoms with E-state index in [0.29, 0.717) is 6.42 Å². The number of imide groups is 1. The van der Waals surface area contributed by atoms with Gasteiger partial charge in [-0.2, -0.15) is 5.01 Å². The number of hydrogen-bond acceptors (Lipinski definition) is 6. The van der Waals surface area contributed by atoms with Crippen LogP contribution in [0.5, 0.6) is 0 Å². The standard InChI is InChI=1S/C24H20ClN3O6/c1-14-6-4-10-18-21(14)24(32)27(23(18)31)26(22(30)17-9-2-3-11-19(17)25)13-20(29)15-7-5-8-16(12-15)28(33)34/h2-9,11-12,14,18,21H,10,13H2,1H3/t14-,18+,21+/m1/s1. The van der Waals surface area contributed by atoms with E-state index in [1.165, 1.54) is 30.3 Å². The lowest BCUT2D eigenvalue weighted by Crippen LogP contribution is -2.52. The number of carbonyl (C=O) groups is 4. The average molecular weight is 482 g/mol. The first-order chi connectivity index (χ1) is 16.2. The van der Waals surface area contributed by atoms with Crippen molar-refractivity contribution in [3.8, 4) is 0 Å². The molecule has 0 radical (unpaired) electrons. The molecule has 0 bridgehead atoms. The zero-order chi connectivity index (χ0) is 24.6. The van der Waals surface area contributed by atoms with E-state index in [1.807, 2.05) is 19.1 Å². The maximum absolute atomic E-state index is 13.5. The Balaban J connectivity index is 1.73. The third kappa shape index (κ3) is 4.10. The molecule has 0 unspecified atom stereocenters. The summed E-state index contributed by atoms with van der Waals surface area (Å²) >= 11 is 6.19. The minimum atomic E-state index is -0.801. The van der Waals surface area contributed by atoms with Gasteiger partial charge in [-0.1, -0.05) is 54.9 Å². The van der Waals surface area contributed by atoms with Crippen molar-refractivity contribution < 1.29 is 24.1 Å². The molecule has 9 nitrogen and oxygen atoms in total. The van der Waals surface area contributed by atoms with Crippen molar-refractivity contribution in [2.75, 3.05) is 6.54 Å². The molecule has 1 saturated heterocycles. The second-order valence-corrected chi connectivity index (χ2v) is 8.62. The number of halogens is 1. The largest absolute Gasteiger partial charge is 0.292 e. The van der Waals surface area contributed by atoms with Gasteiger partial charge in [-0.15, -0.1) is 0 Å². The predicted octanol–water partition coefficient (Wildman–Crippen LogP) is 3.69. The molecule has 0 spiro atoms. The molecule has 2 aromatic carbocycles. The fourth-order valence-electron chi connectivity index (χ4n) is 4.40. The van der Waals surface area contributed by atoms with E-state index in [9.17, 15) is 29.3 Å². The van der Waals surface area contributed by atoms with Crippen LogP contribution in [0.15, 0.2) is 60.7 Å². The van der Waals surface area contributed by atoms with E-state index in [-0.39, 0.29) is 27.8 Å². The fraction of sp³-hybridized carbons (Fsp3) is 0.250. The highest BCUT2D eigenvalue weighted by atomic mass is 35.5. The molecule has 2 aliphatic rings. The van der Waals surface area contributed by atoms with Crippen LogP contribution in [-0.2, 0) is 9.59 Å². The van der Waals surface area contributed by atoms with Gasteiger partial charge in [0.15, 0.2) is 5.78 Å². The summed E-state index contributed by atoms with van der Waals surface area (Å²) in [7, 11) is 0. The predicted molar refractivity (Wildman–Crippen MR) is 122 cm³/mol. The van der Waals surface area contributed by atoms with Crippen LogP contribution in [0.3, 0.4) is 0 Å². The number of carbonyl (C=O) groups excluding carboxylic acids is 4. The zero-order valence-corrected chi connectivity index (χ0v) is 18.8. The maximum Gasteiger partial charge on any atom is 0.274 e. The number of hydrazine groups is 1. The average Bonchev–Trinajstić information content (AvgIpc) is 3.08. The maximum atomic E-state index is 13.5. The molecular formula is C24H20ClN3O6. The summed E-state index contributed by atoms with van der Waals surface area (Å²) in [5, 5.41) is 12.8. The number of amides is 3. The molecule has 10 heteroatoms. The molecule has 1 heterocycles. The zero-order valence-electron chi connectivity index (χ0n) is 18.1. The third-order valence-electron chi connectivity index (χ3n) is 6.10. The summed E-state index contributed by atoms with van der Waals surface area (Å²) in [6.07, 6.45) is 4.03. The number of nitro benzene ring substituents is 1. The van der Waals surface area contributed by atoms with Crippen molar-refractivity contribution in [1.29, 1.82) is 0 Å². The van der Waals surface area contributed by atoms with Crippen LogP contribution >= 0.6 is 11.6 Å². The number of rotatable bonds is 6. The van der Waals surface area contributed by atoms with E-state index in [0.717, 1.165) is 16.1 Å². The Morgan fingerprint density at radius 2 is 1.88 bits per heavy atom. The van der Waals surface area contributed by atoms with Crippen LogP contribution in [0.1, 0.15) is 34.1 Å². The Bertz CT molecular complexity index is 1240. The normalized spacial score (nSPS) is 21.4. The molecule has 3 atom stereocenters. The molecule has 2 aromatic rings. The van der Waals surface area contributed by atoms with Crippen LogP contribution in [-0.4, -0.2) is 45.0 Å². The lowest BCUT2D eigenvalue weighted by molar-refractivity contribution is -0.384. The van der Waals surface area contributed by atoms with Gasteiger partial charge < -0.3 is 0 Å². The van der Waals surface area contributed by atoms with Gasteiger partial charge in [0.25, 0.3) is 23.4 Å². The summed E-state index contributed by atoms with van der Waals surface area (Å²) in [6.45, 7) is 1.14. The minimum Gasteiger partial charge on any atom is -0.292 e. The van der Waals surface area contributed by atoms with E-state index in [4.69, 9.17) is 11.6 Å². The Labute approximate surface area is 199 Å². The van der Waals surface area contributed by atoms with Crippen molar-refractivity contribution >= 4 is 40.8 Å². The van der Waals surface area contributed by atoms with Gasteiger partial charge in [0.1, 0.15) is 6.54 Å². The lowest BCUT2D eigenvalue weighted by Gasteiger charge is -2.30. The second-order valence-electron chi connectivity index (χ2n) is 8.22. The van der Waals surface area contributed by atoms with Crippen molar-refractivity contribution in [2.45, 2.75) is 13.3 Å². The number of non-ortho nitro benzene ring substituents is 1. The van der Waals surface area contributed by atoms with Gasteiger partial charge in [0.05, 0.1) is 27.3 Å². The number of allylic oxidation sites excluding steroid dienone is 2. The molecule has 0 aromatic heterocycles. The topological polar surface area (TPSA) is 118 Å². The van der Waals surface area contributed by atoms with Gasteiger partial charge in [0.2, 0.25) is 0 Å². The molecule has 4 rings (SSSR count). The summed E-state index contributed by atoms with van der Waals surface area (Å²) in [6, 6.07) is 11.1. The Morgan fingerprint density at radius 3 is 2.56 bits per heavy atom. The number of ketones is 1. The highest BCUT2D eigenvalue weighted by molar-refractivity contribution is 6.34. The SMILES string of the molecule is C[C@@H]1C=CC[C@@H]2C(=O)N(N(CC(=O)c3cccc([N+](=O)[O-])c3)C(=O)c3ccccc3Cl)C(=O)[C@@H]12. The van der Waals surface area contributed by atoms with E-state index < -0.39 is 46.8 Å². The van der Waals surface area contributed by atoms with E-state index >= 15 is 0 Å². The molecule has 3 amide bonds. The van der Waals surface area contributed by atoms with Crippen molar-refractivity contribution in [3.05, 3.63) is 86.9 Å². The first-order valence-electron chi connectivity index (χ1n) is 10.6. The third-order valence-corrected chi connectivity index (χ3v) is 6.43. The van der Waals surface area contributed by atoms with Crippen molar-refractivity contribution in [1.82, 2.24) is 10.0 Å². The highest BCUT2D eigenvalue weighted by Gasteiger charge is 2.53. The first-order valence-corrected chi connectivity index (χ1v) is 11.0. The number of nitrogens with zero attached hydrogens (tertiary/aromatic N) is 3. The van der Waals surface area contributed by atoms with Crippen LogP contribution in [0.2, 0.25) is 5.02 Å². The van der Waals surface area contributed by atoms with Gasteiger partial charge >= 0.3 is 0 Å². The fourth-order valence-corrected chi connectivity index (χ4v) is 4.61. The number of nitro groups is 1. The number of benzene rings is 2. The number of hydrogen-bond donors (Lipinski definition) is 0. The molecule has 1 aliphatic carbocycles.